The van der Waals surface area contributed by atoms with Gasteiger partial charge in [-0.1, -0.05) is 30.3 Å². The van der Waals surface area contributed by atoms with Crippen LogP contribution in [-0.4, -0.2) is 34.7 Å². The first-order valence-corrected chi connectivity index (χ1v) is 9.48. The summed E-state index contributed by atoms with van der Waals surface area (Å²) in [6, 6.07) is 9.26. The maximum Gasteiger partial charge on any atom is 0.315 e. The Morgan fingerprint density at radius 1 is 1.23 bits per heavy atom. The van der Waals surface area contributed by atoms with E-state index in [0.29, 0.717) is 19.4 Å². The smallest absolute Gasteiger partial charge is 0.315 e. The minimum atomic E-state index is -0.860. The van der Waals surface area contributed by atoms with Gasteiger partial charge >= 0.3 is 12.0 Å². The standard InChI is InChI=1S/C19H25N3O3S/c1-13-17(26-14(2)21-13)10-11-20-19(25)22-16(8-9-18(23)24)12-15-6-4-3-5-7-15/h3-7,16H,8-12H2,1-2H3,(H,23,24)(H2,20,22,25). The Hall–Kier alpha value is -2.41. The number of carboxylic acid groups (broad SMARTS) is 1. The van der Waals surface area contributed by atoms with E-state index < -0.39 is 5.97 Å². The van der Waals surface area contributed by atoms with E-state index in [4.69, 9.17) is 5.11 Å². The van der Waals surface area contributed by atoms with Gasteiger partial charge in [-0.2, -0.15) is 0 Å². The van der Waals surface area contributed by atoms with E-state index >= 15 is 0 Å². The molecule has 2 rings (SSSR count). The molecule has 1 atom stereocenters. The van der Waals surface area contributed by atoms with Gasteiger partial charge in [0.15, 0.2) is 0 Å². The first-order chi connectivity index (χ1) is 12.4. The molecule has 0 aliphatic carbocycles. The van der Waals surface area contributed by atoms with Gasteiger partial charge in [-0.05, 0) is 32.3 Å². The van der Waals surface area contributed by atoms with Crippen molar-refractivity contribution in [1.82, 2.24) is 15.6 Å². The van der Waals surface area contributed by atoms with Crippen molar-refractivity contribution in [2.75, 3.05) is 6.54 Å². The van der Waals surface area contributed by atoms with Crippen LogP contribution in [0.3, 0.4) is 0 Å². The average molecular weight is 375 g/mol. The van der Waals surface area contributed by atoms with Crippen LogP contribution in [0.5, 0.6) is 0 Å². The van der Waals surface area contributed by atoms with E-state index in [1.807, 2.05) is 44.2 Å². The van der Waals surface area contributed by atoms with Crippen molar-refractivity contribution in [2.24, 2.45) is 0 Å². The molecule has 2 aromatic rings. The summed E-state index contributed by atoms with van der Waals surface area (Å²) in [5.41, 5.74) is 2.08. The molecular formula is C19H25N3O3S. The number of hydrogen-bond donors (Lipinski definition) is 3. The molecular weight excluding hydrogens is 350 g/mol. The lowest BCUT2D eigenvalue weighted by atomic mass is 10.0. The highest BCUT2D eigenvalue weighted by Gasteiger charge is 2.15. The molecule has 2 amide bonds. The summed E-state index contributed by atoms with van der Waals surface area (Å²) >= 11 is 1.64. The molecule has 7 heteroatoms. The van der Waals surface area contributed by atoms with Crippen LogP contribution < -0.4 is 10.6 Å². The molecule has 0 saturated carbocycles. The molecule has 1 aromatic carbocycles. The van der Waals surface area contributed by atoms with E-state index in [0.717, 1.165) is 22.7 Å². The van der Waals surface area contributed by atoms with Crippen molar-refractivity contribution in [3.05, 3.63) is 51.5 Å². The number of thiazole rings is 1. The van der Waals surface area contributed by atoms with Gasteiger partial charge in [0.05, 0.1) is 10.7 Å². The molecule has 0 bridgehead atoms. The third-order valence-corrected chi connectivity index (χ3v) is 5.14. The number of nitrogens with one attached hydrogen (secondary N) is 2. The van der Waals surface area contributed by atoms with Crippen LogP contribution in [-0.2, 0) is 17.6 Å². The van der Waals surface area contributed by atoms with Crippen LogP contribution in [0.1, 0.15) is 34.0 Å². The van der Waals surface area contributed by atoms with Crippen molar-refractivity contribution in [3.8, 4) is 0 Å². The summed E-state index contributed by atoms with van der Waals surface area (Å²) in [5, 5.41) is 15.7. The predicted octanol–water partition coefficient (Wildman–Crippen LogP) is 3.08. The number of carbonyl (C=O) groups excluding carboxylic acids is 1. The Morgan fingerprint density at radius 3 is 2.58 bits per heavy atom. The van der Waals surface area contributed by atoms with E-state index in [-0.39, 0.29) is 18.5 Å². The summed E-state index contributed by atoms with van der Waals surface area (Å²) < 4.78 is 0. The molecule has 0 fully saturated rings. The summed E-state index contributed by atoms with van der Waals surface area (Å²) in [5.74, 6) is -0.860. The molecule has 1 aromatic heterocycles. The van der Waals surface area contributed by atoms with Crippen LogP contribution >= 0.6 is 11.3 Å². The summed E-state index contributed by atoms with van der Waals surface area (Å²) in [4.78, 5) is 28.6. The molecule has 0 spiro atoms. The molecule has 6 nitrogen and oxygen atoms in total. The van der Waals surface area contributed by atoms with Gasteiger partial charge in [-0.3, -0.25) is 4.79 Å². The van der Waals surface area contributed by atoms with Gasteiger partial charge in [0, 0.05) is 30.3 Å². The van der Waals surface area contributed by atoms with Crippen molar-refractivity contribution < 1.29 is 14.7 Å². The zero-order chi connectivity index (χ0) is 18.9. The van der Waals surface area contributed by atoms with Gasteiger partial charge in [0.2, 0.25) is 0 Å². The first-order valence-electron chi connectivity index (χ1n) is 8.67. The van der Waals surface area contributed by atoms with E-state index in [1.54, 1.807) is 11.3 Å². The van der Waals surface area contributed by atoms with Gasteiger partial charge in [0.1, 0.15) is 0 Å². The van der Waals surface area contributed by atoms with Gasteiger partial charge in [-0.15, -0.1) is 11.3 Å². The number of hydrogen-bond acceptors (Lipinski definition) is 4. The number of benzene rings is 1. The largest absolute Gasteiger partial charge is 0.481 e. The fraction of sp³-hybridized carbons (Fsp3) is 0.421. The first kappa shape index (κ1) is 19.9. The summed E-state index contributed by atoms with van der Waals surface area (Å²) in [6.07, 6.45) is 1.76. The van der Waals surface area contributed by atoms with Crippen LogP contribution in [0, 0.1) is 13.8 Å². The molecule has 1 unspecified atom stereocenters. The Morgan fingerprint density at radius 2 is 1.96 bits per heavy atom. The molecule has 3 N–H and O–H groups in total. The predicted molar refractivity (Wildman–Crippen MR) is 103 cm³/mol. The fourth-order valence-corrected chi connectivity index (χ4v) is 3.69. The zero-order valence-electron chi connectivity index (χ0n) is 15.1. The number of aryl methyl sites for hydroxylation is 2. The quantitative estimate of drug-likeness (QED) is 0.628. The molecule has 1 heterocycles. The van der Waals surface area contributed by atoms with E-state index in [9.17, 15) is 9.59 Å². The second-order valence-electron chi connectivity index (χ2n) is 6.21. The SMILES string of the molecule is Cc1nc(C)c(CCNC(=O)NC(CCC(=O)O)Cc2ccccc2)s1. The maximum atomic E-state index is 12.2. The minimum Gasteiger partial charge on any atom is -0.481 e. The van der Waals surface area contributed by atoms with Gasteiger partial charge in [-0.25, -0.2) is 9.78 Å². The molecule has 0 saturated heterocycles. The second kappa shape index (κ2) is 9.91. The normalized spacial score (nSPS) is 11.8. The lowest BCUT2D eigenvalue weighted by Crippen LogP contribution is -2.44. The van der Waals surface area contributed by atoms with Gasteiger partial charge < -0.3 is 15.7 Å². The third-order valence-electron chi connectivity index (χ3n) is 4.00. The van der Waals surface area contributed by atoms with E-state index in [2.05, 4.69) is 15.6 Å². The lowest BCUT2D eigenvalue weighted by Gasteiger charge is -2.18. The fourth-order valence-electron chi connectivity index (χ4n) is 2.75. The zero-order valence-corrected chi connectivity index (χ0v) is 15.9. The number of nitrogens with zero attached hydrogens (tertiary/aromatic N) is 1. The number of carboxylic acids is 1. The van der Waals surface area contributed by atoms with Crippen molar-refractivity contribution >= 4 is 23.3 Å². The number of carbonyl (C=O) groups is 2. The number of amides is 2. The molecule has 140 valence electrons. The Kier molecular flexibility index (Phi) is 7.59. The van der Waals surface area contributed by atoms with Gasteiger partial charge in [0.25, 0.3) is 0 Å². The van der Waals surface area contributed by atoms with Crippen LogP contribution in [0.15, 0.2) is 30.3 Å². The highest BCUT2D eigenvalue weighted by Crippen LogP contribution is 2.17. The van der Waals surface area contributed by atoms with Crippen molar-refractivity contribution in [2.45, 2.75) is 45.6 Å². The van der Waals surface area contributed by atoms with Crippen LogP contribution in [0.25, 0.3) is 0 Å². The van der Waals surface area contributed by atoms with Crippen molar-refractivity contribution in [3.63, 3.8) is 0 Å². The Balaban J connectivity index is 1.84. The third kappa shape index (κ3) is 6.84. The highest BCUT2D eigenvalue weighted by molar-refractivity contribution is 7.11. The minimum absolute atomic E-state index is 0.0249. The molecule has 0 aliphatic heterocycles. The average Bonchev–Trinajstić information content (AvgIpc) is 2.91. The molecule has 0 aliphatic rings. The topological polar surface area (TPSA) is 91.3 Å². The Labute approximate surface area is 157 Å². The number of aromatic nitrogens is 1. The van der Waals surface area contributed by atoms with Crippen LogP contribution in [0.2, 0.25) is 0 Å². The number of rotatable bonds is 9. The monoisotopic (exact) mass is 375 g/mol. The lowest BCUT2D eigenvalue weighted by molar-refractivity contribution is -0.137. The number of aliphatic carboxylic acids is 1. The Bertz CT molecular complexity index is 731. The number of urea groups is 1. The second-order valence-corrected chi connectivity index (χ2v) is 7.50. The molecule has 26 heavy (non-hydrogen) atoms. The summed E-state index contributed by atoms with van der Waals surface area (Å²) in [6.45, 7) is 4.46. The maximum absolute atomic E-state index is 12.2. The highest BCUT2D eigenvalue weighted by atomic mass is 32.1. The van der Waals surface area contributed by atoms with Crippen LogP contribution in [0.4, 0.5) is 4.79 Å². The van der Waals surface area contributed by atoms with E-state index in [1.165, 1.54) is 4.88 Å². The molecule has 0 radical (unpaired) electrons. The van der Waals surface area contributed by atoms with Crippen molar-refractivity contribution in [1.29, 1.82) is 0 Å². The summed E-state index contributed by atoms with van der Waals surface area (Å²) in [7, 11) is 0.